The third kappa shape index (κ3) is 4.02. The van der Waals surface area contributed by atoms with Crippen LogP contribution in [0, 0.1) is 0 Å². The summed E-state index contributed by atoms with van der Waals surface area (Å²) < 4.78 is 6.39. The van der Waals surface area contributed by atoms with Crippen LogP contribution in [0.1, 0.15) is 37.5 Å². The summed E-state index contributed by atoms with van der Waals surface area (Å²) in [5.41, 5.74) is 4.48. The Morgan fingerprint density at radius 3 is 2.11 bits per heavy atom. The molecule has 1 aliphatic rings. The van der Waals surface area contributed by atoms with E-state index in [1.165, 1.54) is 22.7 Å². The zero-order valence-electron chi connectivity index (χ0n) is 19.4. The molecule has 0 saturated carbocycles. The van der Waals surface area contributed by atoms with E-state index < -0.39 is 16.1 Å². The first-order chi connectivity index (χ1) is 12.7. The number of hydrogen-bond donors (Lipinski definition) is 0. The van der Waals surface area contributed by atoms with Crippen LogP contribution in [0.2, 0.25) is 45.3 Å². The fourth-order valence-electron chi connectivity index (χ4n) is 4.70. The Balaban J connectivity index is 2.31. The molecule has 1 aliphatic heterocycles. The Kier molecular flexibility index (Phi) is 5.25. The maximum Gasteiger partial charge on any atom is 0.123 e. The maximum absolute atomic E-state index is 6.39. The minimum Gasteiger partial charge on any atom is -0.492 e. The second kappa shape index (κ2) is 6.88. The van der Waals surface area contributed by atoms with E-state index in [9.17, 15) is 0 Å². The lowest BCUT2D eigenvalue weighted by Gasteiger charge is -2.38. The first kappa shape index (κ1) is 21.4. The van der Waals surface area contributed by atoms with Crippen LogP contribution >= 0.6 is 0 Å². The Morgan fingerprint density at radius 2 is 1.54 bits per heavy atom. The van der Waals surface area contributed by atoms with Crippen molar-refractivity contribution in [3.05, 3.63) is 59.2 Å². The van der Waals surface area contributed by atoms with E-state index in [0.29, 0.717) is 0 Å². The summed E-state index contributed by atoms with van der Waals surface area (Å²) in [6.45, 7) is 22.6. The zero-order valence-corrected chi connectivity index (χ0v) is 21.4. The second-order valence-electron chi connectivity index (χ2n) is 11.9. The Labute approximate surface area is 174 Å². The topological polar surface area (TPSA) is 9.23 Å². The van der Waals surface area contributed by atoms with Crippen molar-refractivity contribution in [2.45, 2.75) is 76.9 Å². The van der Waals surface area contributed by atoms with Gasteiger partial charge in [0.2, 0.25) is 0 Å². The van der Waals surface area contributed by atoms with Crippen molar-refractivity contribution in [1.82, 2.24) is 0 Å². The average molecular weight is 411 g/mol. The van der Waals surface area contributed by atoms with Gasteiger partial charge in [-0.2, -0.15) is 0 Å². The Bertz CT molecular complexity index is 865. The lowest BCUT2D eigenvalue weighted by Crippen LogP contribution is -2.48. The third-order valence-corrected chi connectivity index (χ3v) is 9.63. The molecule has 0 spiro atoms. The molecule has 0 aliphatic carbocycles. The van der Waals surface area contributed by atoms with E-state index in [4.69, 9.17) is 4.74 Å². The predicted molar refractivity (Wildman–Crippen MR) is 129 cm³/mol. The van der Waals surface area contributed by atoms with Gasteiger partial charge in [0.15, 0.2) is 0 Å². The van der Waals surface area contributed by atoms with Gasteiger partial charge < -0.3 is 4.74 Å². The summed E-state index contributed by atoms with van der Waals surface area (Å²) in [5.74, 6) is 1.09. The molecule has 1 heterocycles. The van der Waals surface area contributed by atoms with Gasteiger partial charge in [0.1, 0.15) is 12.4 Å². The van der Waals surface area contributed by atoms with E-state index in [2.05, 4.69) is 103 Å². The van der Waals surface area contributed by atoms with Crippen LogP contribution in [0.15, 0.2) is 42.5 Å². The minimum absolute atomic E-state index is 0.0159. The van der Waals surface area contributed by atoms with Crippen molar-refractivity contribution >= 4 is 21.3 Å². The van der Waals surface area contributed by atoms with Crippen LogP contribution in [0.5, 0.6) is 5.75 Å². The fourth-order valence-corrected chi connectivity index (χ4v) is 8.72. The molecule has 152 valence electrons. The molecule has 0 N–H and O–H groups in total. The molecule has 28 heavy (non-hydrogen) atoms. The standard InChI is InChI=1S/C25H38OSi2/c1-24(2,3)19-14-15-22-21(16-19)25(17-26-22,18-27(4,5)6)20-12-10-11-13-23(20)28(7,8)9/h10-16H,17-18H2,1-9H3. The molecule has 0 aromatic heterocycles. The van der Waals surface area contributed by atoms with Crippen molar-refractivity contribution in [3.63, 3.8) is 0 Å². The fraction of sp³-hybridized carbons (Fsp3) is 0.520. The smallest absolute Gasteiger partial charge is 0.123 e. The van der Waals surface area contributed by atoms with Gasteiger partial charge in [0.05, 0.1) is 13.5 Å². The number of hydrogen-bond acceptors (Lipinski definition) is 1. The summed E-state index contributed by atoms with van der Waals surface area (Å²) >= 11 is 0. The highest BCUT2D eigenvalue weighted by Crippen LogP contribution is 2.49. The molecule has 0 bridgehead atoms. The van der Waals surface area contributed by atoms with Gasteiger partial charge in [0.25, 0.3) is 0 Å². The molecule has 0 amide bonds. The Morgan fingerprint density at radius 1 is 0.893 bits per heavy atom. The lowest BCUT2D eigenvalue weighted by atomic mass is 9.75. The highest BCUT2D eigenvalue weighted by Gasteiger charge is 2.47. The van der Waals surface area contributed by atoms with Crippen LogP contribution in [0.4, 0.5) is 0 Å². The van der Waals surface area contributed by atoms with Crippen molar-refractivity contribution < 1.29 is 4.74 Å². The van der Waals surface area contributed by atoms with Gasteiger partial charge in [-0.05, 0) is 28.7 Å². The minimum atomic E-state index is -1.48. The summed E-state index contributed by atoms with van der Waals surface area (Å²) in [6, 6.07) is 17.4. The molecular formula is C25H38OSi2. The first-order valence-electron chi connectivity index (χ1n) is 10.6. The van der Waals surface area contributed by atoms with Crippen molar-refractivity contribution in [3.8, 4) is 5.75 Å². The molecule has 3 heteroatoms. The molecule has 1 unspecified atom stereocenters. The van der Waals surface area contributed by atoms with Gasteiger partial charge in [0, 0.05) is 13.6 Å². The molecule has 0 saturated heterocycles. The summed E-state index contributed by atoms with van der Waals surface area (Å²) in [5, 5.41) is 1.59. The van der Waals surface area contributed by atoms with Gasteiger partial charge in [-0.1, -0.05) is 102 Å². The molecule has 0 fully saturated rings. The van der Waals surface area contributed by atoms with Crippen molar-refractivity contribution in [2.24, 2.45) is 0 Å². The number of benzene rings is 2. The van der Waals surface area contributed by atoms with Crippen molar-refractivity contribution in [1.29, 1.82) is 0 Å². The third-order valence-electron chi connectivity index (χ3n) is 5.92. The van der Waals surface area contributed by atoms with Crippen LogP contribution < -0.4 is 9.92 Å². The first-order valence-corrected chi connectivity index (χ1v) is 17.8. The van der Waals surface area contributed by atoms with E-state index in [1.807, 2.05) is 0 Å². The zero-order chi connectivity index (χ0) is 21.0. The predicted octanol–water partition coefficient (Wildman–Crippen LogP) is 6.55. The van der Waals surface area contributed by atoms with Crippen LogP contribution in [-0.2, 0) is 10.8 Å². The highest BCUT2D eigenvalue weighted by atomic mass is 28.3. The molecular weight excluding hydrogens is 372 g/mol. The second-order valence-corrected chi connectivity index (χ2v) is 22.4. The molecule has 1 nitrogen and oxygen atoms in total. The summed E-state index contributed by atoms with van der Waals surface area (Å²) in [7, 11) is -2.84. The summed E-state index contributed by atoms with van der Waals surface area (Å²) in [4.78, 5) is 0. The van der Waals surface area contributed by atoms with Gasteiger partial charge in [-0.15, -0.1) is 0 Å². The van der Waals surface area contributed by atoms with Gasteiger partial charge in [-0.25, -0.2) is 0 Å². The van der Waals surface area contributed by atoms with Crippen LogP contribution in [0.25, 0.3) is 0 Å². The maximum atomic E-state index is 6.39. The molecule has 1 atom stereocenters. The monoisotopic (exact) mass is 410 g/mol. The van der Waals surface area contributed by atoms with E-state index in [0.717, 1.165) is 12.4 Å². The molecule has 2 aromatic rings. The van der Waals surface area contributed by atoms with Gasteiger partial charge in [-0.3, -0.25) is 0 Å². The quantitative estimate of drug-likeness (QED) is 0.520. The van der Waals surface area contributed by atoms with E-state index in [1.54, 1.807) is 5.19 Å². The van der Waals surface area contributed by atoms with Crippen molar-refractivity contribution in [2.75, 3.05) is 6.61 Å². The number of rotatable bonds is 4. The average Bonchev–Trinajstić information content (AvgIpc) is 2.91. The number of fused-ring (bicyclic) bond motifs is 1. The van der Waals surface area contributed by atoms with Crippen LogP contribution in [0.3, 0.4) is 0 Å². The van der Waals surface area contributed by atoms with E-state index >= 15 is 0 Å². The normalized spacial score (nSPS) is 20.0. The molecule has 2 aromatic carbocycles. The lowest BCUT2D eigenvalue weighted by molar-refractivity contribution is 0.302. The van der Waals surface area contributed by atoms with Gasteiger partial charge >= 0.3 is 0 Å². The van der Waals surface area contributed by atoms with E-state index in [-0.39, 0.29) is 10.8 Å². The Hall–Kier alpha value is -1.33. The van der Waals surface area contributed by atoms with Crippen LogP contribution in [-0.4, -0.2) is 22.8 Å². The number of ether oxygens (including phenoxy) is 1. The largest absolute Gasteiger partial charge is 0.492 e. The molecule has 3 rings (SSSR count). The SMILES string of the molecule is CC(C)(C)c1ccc2c(c1)C(C[Si](C)(C)C)(c1ccccc1[Si](C)(C)C)CO2. The highest BCUT2D eigenvalue weighted by molar-refractivity contribution is 6.89. The molecule has 0 radical (unpaired) electrons. The summed E-state index contributed by atoms with van der Waals surface area (Å²) in [6.07, 6.45) is 0.